The lowest BCUT2D eigenvalue weighted by molar-refractivity contribution is 0.0758. The highest BCUT2D eigenvalue weighted by Gasteiger charge is 2.24. The van der Waals surface area contributed by atoms with Gasteiger partial charge in [-0.15, -0.1) is 0 Å². The molecular weight excluding hydrogens is 358 g/mol. The fourth-order valence-electron chi connectivity index (χ4n) is 4.36. The first-order valence-electron chi connectivity index (χ1n) is 11.9. The Kier molecular flexibility index (Phi) is 10.5. The van der Waals surface area contributed by atoms with Gasteiger partial charge in [0.2, 0.25) is 0 Å². The van der Waals surface area contributed by atoms with E-state index in [0.717, 1.165) is 37.7 Å². The van der Waals surface area contributed by atoms with Gasteiger partial charge in [-0.25, -0.2) is 0 Å². The van der Waals surface area contributed by atoms with Crippen LogP contribution in [-0.2, 0) is 11.2 Å². The molecule has 1 aromatic carbocycles. The number of rotatable bonds is 12. The third-order valence-corrected chi connectivity index (χ3v) is 5.67. The van der Waals surface area contributed by atoms with Crippen molar-refractivity contribution in [2.24, 2.45) is 5.92 Å². The van der Waals surface area contributed by atoms with Gasteiger partial charge in [-0.2, -0.15) is 0 Å². The van der Waals surface area contributed by atoms with E-state index in [9.17, 15) is 0 Å². The molecule has 1 N–H and O–H groups in total. The summed E-state index contributed by atoms with van der Waals surface area (Å²) in [6.07, 6.45) is 11.5. The fourth-order valence-corrected chi connectivity index (χ4v) is 4.36. The van der Waals surface area contributed by atoms with Crippen LogP contribution in [0.25, 0.3) is 0 Å². The molecule has 29 heavy (non-hydrogen) atoms. The molecule has 0 radical (unpaired) electrons. The summed E-state index contributed by atoms with van der Waals surface area (Å²) in [5.74, 6) is 1.82. The smallest absolute Gasteiger partial charge is 0.119 e. The zero-order valence-electron chi connectivity index (χ0n) is 19.6. The van der Waals surface area contributed by atoms with Gasteiger partial charge in [-0.05, 0) is 96.8 Å². The van der Waals surface area contributed by atoms with E-state index in [1.165, 1.54) is 50.5 Å². The first-order chi connectivity index (χ1) is 13.8. The number of ether oxygens (including phenoxy) is 2. The van der Waals surface area contributed by atoms with E-state index in [1.807, 2.05) is 0 Å². The minimum Gasteiger partial charge on any atom is -0.494 e. The average Bonchev–Trinajstić information content (AvgIpc) is 2.64. The van der Waals surface area contributed by atoms with Crippen molar-refractivity contribution in [2.75, 3.05) is 13.2 Å². The Morgan fingerprint density at radius 3 is 2.66 bits per heavy atom. The van der Waals surface area contributed by atoms with Gasteiger partial charge in [0.1, 0.15) is 5.75 Å². The third-order valence-electron chi connectivity index (χ3n) is 5.67. The van der Waals surface area contributed by atoms with E-state index in [2.05, 4.69) is 64.2 Å². The van der Waals surface area contributed by atoms with Gasteiger partial charge < -0.3 is 14.8 Å². The van der Waals surface area contributed by atoms with E-state index < -0.39 is 0 Å². The molecule has 1 aromatic rings. The Morgan fingerprint density at radius 1 is 1.07 bits per heavy atom. The van der Waals surface area contributed by atoms with E-state index in [0.29, 0.717) is 12.1 Å². The summed E-state index contributed by atoms with van der Waals surface area (Å²) in [5, 5.41) is 3.79. The molecule has 0 bridgehead atoms. The van der Waals surface area contributed by atoms with Crippen molar-refractivity contribution in [3.63, 3.8) is 0 Å². The Hall–Kier alpha value is -1.06. The van der Waals surface area contributed by atoms with Crippen LogP contribution in [0.1, 0.15) is 91.5 Å². The summed E-state index contributed by atoms with van der Waals surface area (Å²) >= 11 is 0. The van der Waals surface area contributed by atoms with Gasteiger partial charge in [-0.3, -0.25) is 0 Å². The quantitative estimate of drug-likeness (QED) is 0.402. The van der Waals surface area contributed by atoms with Crippen LogP contribution in [0.4, 0.5) is 0 Å². The van der Waals surface area contributed by atoms with Crippen LogP contribution in [0.3, 0.4) is 0 Å². The lowest BCUT2D eigenvalue weighted by Gasteiger charge is -2.35. The second-order valence-electron chi connectivity index (χ2n) is 10.1. The van der Waals surface area contributed by atoms with Crippen molar-refractivity contribution >= 4 is 0 Å². The molecule has 0 spiro atoms. The van der Waals surface area contributed by atoms with E-state index >= 15 is 0 Å². The molecule has 1 fully saturated rings. The van der Waals surface area contributed by atoms with E-state index in [1.54, 1.807) is 0 Å². The van der Waals surface area contributed by atoms with Crippen LogP contribution in [0.2, 0.25) is 0 Å². The van der Waals surface area contributed by atoms with Crippen molar-refractivity contribution in [3.8, 4) is 5.75 Å². The normalized spacial score (nSPS) is 20.2. The lowest BCUT2D eigenvalue weighted by atomic mass is 9.83. The summed E-state index contributed by atoms with van der Waals surface area (Å²) < 4.78 is 11.7. The predicted molar refractivity (Wildman–Crippen MR) is 124 cm³/mol. The largest absolute Gasteiger partial charge is 0.494 e. The summed E-state index contributed by atoms with van der Waals surface area (Å²) in [6, 6.07) is 9.36. The summed E-state index contributed by atoms with van der Waals surface area (Å²) in [5.41, 5.74) is 1.60. The Labute approximate surface area is 180 Å². The number of unbranched alkanes of at least 4 members (excludes halogenated alkanes) is 2. The standard InChI is InChI=1S/C26H45NO2/c1-21(2)28-17-8-6-7-11-22-13-10-15-25(20-22)29-18-16-23-12-9-14-24(19-23)27-26(3,4)5/h10,13,15,20-21,23-24,27H,6-9,11-12,14,16-19H2,1-5H3. The summed E-state index contributed by atoms with van der Waals surface area (Å²) in [7, 11) is 0. The highest BCUT2D eigenvalue weighted by molar-refractivity contribution is 5.28. The maximum absolute atomic E-state index is 6.12. The SMILES string of the molecule is CC(C)OCCCCCc1cccc(OCCC2CCCC(NC(C)(C)C)C2)c1. The Morgan fingerprint density at radius 2 is 1.90 bits per heavy atom. The minimum absolute atomic E-state index is 0.213. The van der Waals surface area contributed by atoms with E-state index in [4.69, 9.17) is 9.47 Å². The molecule has 0 aromatic heterocycles. The van der Waals surface area contributed by atoms with Crippen molar-refractivity contribution in [3.05, 3.63) is 29.8 Å². The molecule has 0 heterocycles. The molecule has 2 unspecified atom stereocenters. The average molecular weight is 404 g/mol. The molecule has 1 aliphatic carbocycles. The molecule has 0 amide bonds. The number of hydrogen-bond donors (Lipinski definition) is 1. The molecule has 2 rings (SSSR count). The van der Waals surface area contributed by atoms with Gasteiger partial charge in [0, 0.05) is 18.2 Å². The van der Waals surface area contributed by atoms with Crippen LogP contribution in [-0.4, -0.2) is 30.9 Å². The van der Waals surface area contributed by atoms with Gasteiger partial charge in [-0.1, -0.05) is 31.4 Å². The van der Waals surface area contributed by atoms with Crippen LogP contribution < -0.4 is 10.1 Å². The number of benzene rings is 1. The lowest BCUT2D eigenvalue weighted by Crippen LogP contribution is -2.45. The Bertz CT molecular complexity index is 564. The second kappa shape index (κ2) is 12.6. The number of nitrogens with one attached hydrogen (secondary N) is 1. The summed E-state index contributed by atoms with van der Waals surface area (Å²) in [4.78, 5) is 0. The highest BCUT2D eigenvalue weighted by Crippen LogP contribution is 2.28. The molecule has 0 saturated heterocycles. The minimum atomic E-state index is 0.213. The van der Waals surface area contributed by atoms with Crippen molar-refractivity contribution < 1.29 is 9.47 Å². The molecule has 2 atom stereocenters. The maximum Gasteiger partial charge on any atom is 0.119 e. The fraction of sp³-hybridized carbons (Fsp3) is 0.769. The monoisotopic (exact) mass is 403 g/mol. The molecule has 3 heteroatoms. The molecule has 166 valence electrons. The topological polar surface area (TPSA) is 30.5 Å². The van der Waals surface area contributed by atoms with Crippen LogP contribution in [0.5, 0.6) is 5.75 Å². The van der Waals surface area contributed by atoms with Gasteiger partial charge in [0.15, 0.2) is 0 Å². The Balaban J connectivity index is 1.64. The second-order valence-corrected chi connectivity index (χ2v) is 10.1. The van der Waals surface area contributed by atoms with Gasteiger partial charge in [0.05, 0.1) is 12.7 Å². The molecule has 1 saturated carbocycles. The maximum atomic E-state index is 6.12. The van der Waals surface area contributed by atoms with Crippen molar-refractivity contribution in [2.45, 2.75) is 110 Å². The molecule has 3 nitrogen and oxygen atoms in total. The zero-order valence-corrected chi connectivity index (χ0v) is 19.6. The first-order valence-corrected chi connectivity index (χ1v) is 11.9. The molecule has 0 aliphatic heterocycles. The van der Waals surface area contributed by atoms with E-state index in [-0.39, 0.29) is 5.54 Å². The van der Waals surface area contributed by atoms with Crippen LogP contribution in [0, 0.1) is 5.92 Å². The third kappa shape index (κ3) is 11.1. The molecular formula is C26H45NO2. The number of hydrogen-bond acceptors (Lipinski definition) is 3. The summed E-state index contributed by atoms with van der Waals surface area (Å²) in [6.45, 7) is 12.7. The highest BCUT2D eigenvalue weighted by atomic mass is 16.5. The van der Waals surface area contributed by atoms with Crippen LogP contribution in [0.15, 0.2) is 24.3 Å². The first kappa shape index (κ1) is 24.2. The molecule has 1 aliphatic rings. The number of aryl methyl sites for hydroxylation is 1. The zero-order chi connectivity index (χ0) is 21.1. The van der Waals surface area contributed by atoms with Gasteiger partial charge in [0.25, 0.3) is 0 Å². The van der Waals surface area contributed by atoms with Gasteiger partial charge >= 0.3 is 0 Å². The predicted octanol–water partition coefficient (Wildman–Crippen LogP) is 6.54. The van der Waals surface area contributed by atoms with Crippen LogP contribution >= 0.6 is 0 Å². The van der Waals surface area contributed by atoms with Crippen molar-refractivity contribution in [1.29, 1.82) is 0 Å². The van der Waals surface area contributed by atoms with Crippen molar-refractivity contribution in [1.82, 2.24) is 5.32 Å².